The number of hydrogen-bond donors (Lipinski definition) is 3. The number of amides is 2. The second kappa shape index (κ2) is 6.60. The number of rotatable bonds is 6. The maximum absolute atomic E-state index is 11.4. The lowest BCUT2D eigenvalue weighted by Crippen LogP contribution is -2.37. The average molecular weight is 292 g/mol. The highest BCUT2D eigenvalue weighted by Gasteiger charge is 2.28. The molecule has 0 bridgehead atoms. The van der Waals surface area contributed by atoms with Crippen molar-refractivity contribution in [1.29, 1.82) is 0 Å². The topological polar surface area (TPSA) is 82.2 Å². The molecule has 1 saturated carbocycles. The third-order valence-electron chi connectivity index (χ3n) is 3.44. The van der Waals surface area contributed by atoms with Crippen molar-refractivity contribution < 1.29 is 4.79 Å². The van der Waals surface area contributed by atoms with Crippen LogP contribution in [-0.4, -0.2) is 55.1 Å². The Labute approximate surface area is 125 Å². The standard InChI is InChI=1S/C14H24N6O/c1-9-11(15-2)18-13(10-5-6-10)19-12(9)16-7-8-17-14(21)20(3)4/h10H,5-8H2,1-4H3,(H,17,21)(H2,15,16,18,19). The summed E-state index contributed by atoms with van der Waals surface area (Å²) in [7, 11) is 5.31. The summed E-state index contributed by atoms with van der Waals surface area (Å²) in [5.41, 5.74) is 1.00. The van der Waals surface area contributed by atoms with Crippen molar-refractivity contribution in [2.45, 2.75) is 25.7 Å². The van der Waals surface area contributed by atoms with Gasteiger partial charge in [-0.25, -0.2) is 14.8 Å². The van der Waals surface area contributed by atoms with Crippen LogP contribution in [0.25, 0.3) is 0 Å². The van der Waals surface area contributed by atoms with Gasteiger partial charge >= 0.3 is 6.03 Å². The second-order valence-corrected chi connectivity index (χ2v) is 5.48. The Bertz CT molecular complexity index is 512. The van der Waals surface area contributed by atoms with Gasteiger partial charge in [-0.05, 0) is 19.8 Å². The van der Waals surface area contributed by atoms with Gasteiger partial charge in [-0.1, -0.05) is 0 Å². The Morgan fingerprint density at radius 2 is 1.90 bits per heavy atom. The normalized spacial score (nSPS) is 13.7. The Balaban J connectivity index is 1.95. The molecule has 1 heterocycles. The summed E-state index contributed by atoms with van der Waals surface area (Å²) < 4.78 is 0. The van der Waals surface area contributed by atoms with E-state index in [1.807, 2.05) is 14.0 Å². The molecule has 3 N–H and O–H groups in total. The smallest absolute Gasteiger partial charge is 0.316 e. The largest absolute Gasteiger partial charge is 0.373 e. The molecule has 7 nitrogen and oxygen atoms in total. The lowest BCUT2D eigenvalue weighted by Gasteiger charge is -2.15. The molecular weight excluding hydrogens is 268 g/mol. The van der Waals surface area contributed by atoms with E-state index < -0.39 is 0 Å². The number of carbonyl (C=O) groups is 1. The highest BCUT2D eigenvalue weighted by Crippen LogP contribution is 2.39. The molecule has 1 aliphatic carbocycles. The fourth-order valence-electron chi connectivity index (χ4n) is 1.98. The Morgan fingerprint density at radius 3 is 2.48 bits per heavy atom. The Kier molecular flexibility index (Phi) is 4.82. The zero-order chi connectivity index (χ0) is 15.4. The minimum atomic E-state index is -0.0919. The van der Waals surface area contributed by atoms with Gasteiger partial charge in [0.25, 0.3) is 0 Å². The van der Waals surface area contributed by atoms with Gasteiger partial charge in [0.2, 0.25) is 0 Å². The molecule has 0 saturated heterocycles. The lowest BCUT2D eigenvalue weighted by atomic mass is 10.2. The third kappa shape index (κ3) is 3.96. The van der Waals surface area contributed by atoms with Gasteiger partial charge in [-0.2, -0.15) is 0 Å². The van der Waals surface area contributed by atoms with E-state index in [2.05, 4.69) is 25.9 Å². The van der Waals surface area contributed by atoms with E-state index in [1.165, 1.54) is 17.7 Å². The number of anilines is 2. The number of carbonyl (C=O) groups excluding carboxylic acids is 1. The monoisotopic (exact) mass is 292 g/mol. The summed E-state index contributed by atoms with van der Waals surface area (Å²) in [6.07, 6.45) is 2.34. The second-order valence-electron chi connectivity index (χ2n) is 5.48. The van der Waals surface area contributed by atoms with Gasteiger partial charge in [0.05, 0.1) is 0 Å². The van der Waals surface area contributed by atoms with Crippen molar-refractivity contribution in [3.05, 3.63) is 11.4 Å². The summed E-state index contributed by atoms with van der Waals surface area (Å²) >= 11 is 0. The maximum Gasteiger partial charge on any atom is 0.316 e. The summed E-state index contributed by atoms with van der Waals surface area (Å²) in [5.74, 6) is 3.12. The third-order valence-corrected chi connectivity index (χ3v) is 3.44. The van der Waals surface area contributed by atoms with Crippen molar-refractivity contribution in [2.24, 2.45) is 0 Å². The Morgan fingerprint density at radius 1 is 1.24 bits per heavy atom. The van der Waals surface area contributed by atoms with Crippen LogP contribution < -0.4 is 16.0 Å². The van der Waals surface area contributed by atoms with Gasteiger partial charge in [0.15, 0.2) is 0 Å². The maximum atomic E-state index is 11.4. The summed E-state index contributed by atoms with van der Waals surface area (Å²) in [4.78, 5) is 22.1. The van der Waals surface area contributed by atoms with E-state index in [-0.39, 0.29) is 6.03 Å². The van der Waals surface area contributed by atoms with Crippen molar-refractivity contribution in [3.63, 3.8) is 0 Å². The van der Waals surface area contributed by atoms with E-state index in [0.29, 0.717) is 19.0 Å². The minimum Gasteiger partial charge on any atom is -0.373 e. The van der Waals surface area contributed by atoms with Crippen molar-refractivity contribution in [3.8, 4) is 0 Å². The van der Waals surface area contributed by atoms with Crippen LogP contribution in [0.4, 0.5) is 16.4 Å². The molecule has 0 spiro atoms. The number of urea groups is 1. The first-order chi connectivity index (χ1) is 10.0. The quantitative estimate of drug-likeness (QED) is 0.690. The van der Waals surface area contributed by atoms with Crippen LogP contribution in [0.5, 0.6) is 0 Å². The number of nitrogens with one attached hydrogen (secondary N) is 3. The van der Waals surface area contributed by atoms with Crippen LogP contribution in [0.15, 0.2) is 0 Å². The van der Waals surface area contributed by atoms with E-state index in [4.69, 9.17) is 0 Å². The van der Waals surface area contributed by atoms with Crippen LogP contribution in [0.1, 0.15) is 30.1 Å². The molecule has 21 heavy (non-hydrogen) atoms. The number of aromatic nitrogens is 2. The molecule has 2 rings (SSSR count). The predicted octanol–water partition coefficient (Wildman–Crippen LogP) is 1.39. The molecule has 7 heteroatoms. The van der Waals surface area contributed by atoms with E-state index in [9.17, 15) is 4.79 Å². The summed E-state index contributed by atoms with van der Waals surface area (Å²) in [6, 6.07) is -0.0919. The van der Waals surface area contributed by atoms with Gasteiger partial charge in [-0.15, -0.1) is 0 Å². The van der Waals surface area contributed by atoms with Gasteiger partial charge in [0, 0.05) is 45.7 Å². The molecule has 0 aliphatic heterocycles. The summed E-state index contributed by atoms with van der Waals surface area (Å²) in [5, 5.41) is 9.21. The van der Waals surface area contributed by atoms with Gasteiger partial charge in [0.1, 0.15) is 17.5 Å². The van der Waals surface area contributed by atoms with Gasteiger partial charge in [-0.3, -0.25) is 0 Å². The average Bonchev–Trinajstić information content (AvgIpc) is 3.29. The first-order valence-electron chi connectivity index (χ1n) is 7.28. The molecule has 0 radical (unpaired) electrons. The molecule has 1 fully saturated rings. The molecule has 1 aromatic heterocycles. The van der Waals surface area contributed by atoms with E-state index >= 15 is 0 Å². The molecule has 2 amide bonds. The van der Waals surface area contributed by atoms with Crippen LogP contribution >= 0.6 is 0 Å². The number of nitrogens with zero attached hydrogens (tertiary/aromatic N) is 3. The minimum absolute atomic E-state index is 0.0919. The van der Waals surface area contributed by atoms with E-state index in [0.717, 1.165) is 23.0 Å². The van der Waals surface area contributed by atoms with Crippen LogP contribution in [0.2, 0.25) is 0 Å². The van der Waals surface area contributed by atoms with Crippen LogP contribution in [0.3, 0.4) is 0 Å². The van der Waals surface area contributed by atoms with Crippen LogP contribution in [0, 0.1) is 6.92 Å². The molecule has 0 atom stereocenters. The lowest BCUT2D eigenvalue weighted by molar-refractivity contribution is 0.218. The molecule has 1 aliphatic rings. The number of hydrogen-bond acceptors (Lipinski definition) is 5. The zero-order valence-electron chi connectivity index (χ0n) is 13.2. The first-order valence-corrected chi connectivity index (χ1v) is 7.28. The van der Waals surface area contributed by atoms with Crippen molar-refractivity contribution >= 4 is 17.7 Å². The zero-order valence-corrected chi connectivity index (χ0v) is 13.2. The van der Waals surface area contributed by atoms with Gasteiger partial charge < -0.3 is 20.9 Å². The molecule has 1 aromatic rings. The molecular formula is C14H24N6O. The van der Waals surface area contributed by atoms with Crippen molar-refractivity contribution in [1.82, 2.24) is 20.2 Å². The van der Waals surface area contributed by atoms with Crippen molar-refractivity contribution in [2.75, 3.05) is 44.9 Å². The molecule has 0 aromatic carbocycles. The van der Waals surface area contributed by atoms with E-state index in [1.54, 1.807) is 14.1 Å². The highest BCUT2D eigenvalue weighted by atomic mass is 16.2. The predicted molar refractivity (Wildman–Crippen MR) is 83.9 cm³/mol. The summed E-state index contributed by atoms with van der Waals surface area (Å²) in [6.45, 7) is 3.17. The molecule has 116 valence electrons. The van der Waals surface area contributed by atoms with Crippen LogP contribution in [-0.2, 0) is 0 Å². The fraction of sp³-hybridized carbons (Fsp3) is 0.643. The fourth-order valence-corrected chi connectivity index (χ4v) is 1.98. The SMILES string of the molecule is CNc1nc(C2CC2)nc(NCCNC(=O)N(C)C)c1C. The Hall–Kier alpha value is -2.05. The first kappa shape index (κ1) is 15.3. The molecule has 0 unspecified atom stereocenters. The highest BCUT2D eigenvalue weighted by molar-refractivity contribution is 5.73.